The van der Waals surface area contributed by atoms with Crippen LogP contribution in [-0.2, 0) is 10.0 Å². The number of rotatable bonds is 5. The second kappa shape index (κ2) is 7.42. The average molecular weight is 340 g/mol. The summed E-state index contributed by atoms with van der Waals surface area (Å²) in [6, 6.07) is 4.62. The van der Waals surface area contributed by atoms with Crippen LogP contribution in [0.1, 0.15) is 42.1 Å². The number of benzene rings is 1. The van der Waals surface area contributed by atoms with Crippen LogP contribution >= 0.6 is 0 Å². The molecule has 6 nitrogen and oxygen atoms in total. The smallest absolute Gasteiger partial charge is 0.251 e. The third-order valence-electron chi connectivity index (χ3n) is 3.96. The van der Waals surface area contributed by atoms with E-state index in [1.165, 1.54) is 10.4 Å². The lowest BCUT2D eigenvalue weighted by Crippen LogP contribution is -2.36. The maximum Gasteiger partial charge on any atom is 0.251 e. The lowest BCUT2D eigenvalue weighted by molar-refractivity contribution is 0.0923. The lowest BCUT2D eigenvalue weighted by Gasteiger charge is -2.26. The number of nitrogens with zero attached hydrogens (tertiary/aromatic N) is 1. The van der Waals surface area contributed by atoms with E-state index in [2.05, 4.69) is 5.32 Å². The van der Waals surface area contributed by atoms with E-state index in [4.69, 9.17) is 0 Å². The van der Waals surface area contributed by atoms with Crippen molar-refractivity contribution in [2.24, 2.45) is 0 Å². The third-order valence-corrected chi connectivity index (χ3v) is 5.86. The molecule has 1 unspecified atom stereocenters. The fraction of sp³-hybridized carbons (Fsp3) is 0.562. The fourth-order valence-electron chi connectivity index (χ4n) is 2.60. The first-order valence-corrected chi connectivity index (χ1v) is 9.33. The van der Waals surface area contributed by atoms with E-state index in [1.54, 1.807) is 26.0 Å². The predicted octanol–water partition coefficient (Wildman–Crippen LogP) is 1.28. The van der Waals surface area contributed by atoms with Gasteiger partial charge in [0, 0.05) is 25.2 Å². The van der Waals surface area contributed by atoms with Gasteiger partial charge in [0.1, 0.15) is 0 Å². The Labute approximate surface area is 137 Å². The van der Waals surface area contributed by atoms with Crippen LogP contribution in [0.25, 0.3) is 0 Å². The number of sulfonamides is 1. The second-order valence-electron chi connectivity index (χ2n) is 6.00. The highest BCUT2D eigenvalue weighted by molar-refractivity contribution is 7.89. The maximum atomic E-state index is 12.7. The van der Waals surface area contributed by atoms with Crippen molar-refractivity contribution in [3.63, 3.8) is 0 Å². The van der Waals surface area contributed by atoms with E-state index < -0.39 is 16.1 Å². The van der Waals surface area contributed by atoms with Crippen molar-refractivity contribution in [2.45, 2.75) is 44.1 Å². The van der Waals surface area contributed by atoms with Gasteiger partial charge in [-0.3, -0.25) is 4.79 Å². The number of carbonyl (C=O) groups excluding carboxylic acids is 1. The molecule has 128 valence electrons. The Kier molecular flexibility index (Phi) is 5.78. The molecule has 0 radical (unpaired) electrons. The van der Waals surface area contributed by atoms with Gasteiger partial charge in [0.25, 0.3) is 5.91 Å². The van der Waals surface area contributed by atoms with Crippen molar-refractivity contribution in [3.8, 4) is 0 Å². The summed E-state index contributed by atoms with van der Waals surface area (Å²) in [5, 5.41) is 11.9. The first-order valence-electron chi connectivity index (χ1n) is 7.89. The Balaban J connectivity index is 2.27. The summed E-state index contributed by atoms with van der Waals surface area (Å²) >= 11 is 0. The van der Waals surface area contributed by atoms with E-state index in [-0.39, 0.29) is 17.3 Å². The fourth-order valence-corrected chi connectivity index (χ4v) is 4.14. The van der Waals surface area contributed by atoms with Gasteiger partial charge in [-0.25, -0.2) is 8.42 Å². The topological polar surface area (TPSA) is 86.7 Å². The highest BCUT2D eigenvalue weighted by atomic mass is 32.2. The van der Waals surface area contributed by atoms with Gasteiger partial charge in [-0.15, -0.1) is 0 Å². The zero-order valence-electron chi connectivity index (χ0n) is 13.6. The van der Waals surface area contributed by atoms with Gasteiger partial charge in [-0.05, 0) is 44.4 Å². The van der Waals surface area contributed by atoms with Gasteiger partial charge in [0.2, 0.25) is 10.0 Å². The van der Waals surface area contributed by atoms with Gasteiger partial charge < -0.3 is 10.4 Å². The summed E-state index contributed by atoms with van der Waals surface area (Å²) in [6.45, 7) is 4.51. The van der Waals surface area contributed by atoms with Crippen molar-refractivity contribution in [3.05, 3.63) is 29.3 Å². The van der Waals surface area contributed by atoms with Crippen LogP contribution in [-0.4, -0.2) is 49.5 Å². The number of carbonyl (C=O) groups is 1. The number of amides is 1. The minimum absolute atomic E-state index is 0.126. The van der Waals surface area contributed by atoms with Gasteiger partial charge in [-0.2, -0.15) is 4.31 Å². The van der Waals surface area contributed by atoms with Crippen molar-refractivity contribution in [1.29, 1.82) is 0 Å². The highest BCUT2D eigenvalue weighted by Gasteiger charge is 2.27. The first kappa shape index (κ1) is 17.9. The quantitative estimate of drug-likeness (QED) is 0.845. The molecule has 0 saturated carbocycles. The van der Waals surface area contributed by atoms with E-state index in [9.17, 15) is 18.3 Å². The molecule has 1 atom stereocenters. The van der Waals surface area contributed by atoms with Crippen LogP contribution in [0.2, 0.25) is 0 Å². The van der Waals surface area contributed by atoms with Crippen molar-refractivity contribution in [2.75, 3.05) is 19.6 Å². The number of nitrogens with one attached hydrogen (secondary N) is 1. The molecule has 1 aromatic carbocycles. The van der Waals surface area contributed by atoms with Crippen LogP contribution < -0.4 is 5.32 Å². The summed E-state index contributed by atoms with van der Waals surface area (Å²) in [5.41, 5.74) is 1.02. The number of aliphatic hydroxyl groups is 1. The first-order chi connectivity index (χ1) is 10.8. The van der Waals surface area contributed by atoms with E-state index in [0.29, 0.717) is 24.2 Å². The molecule has 1 aliphatic heterocycles. The molecule has 7 heteroatoms. The summed E-state index contributed by atoms with van der Waals surface area (Å²) in [4.78, 5) is 12.3. The Hall–Kier alpha value is -1.44. The van der Waals surface area contributed by atoms with Crippen molar-refractivity contribution < 1.29 is 18.3 Å². The highest BCUT2D eigenvalue weighted by Crippen LogP contribution is 2.22. The Morgan fingerprint density at radius 1 is 1.30 bits per heavy atom. The second-order valence-corrected chi connectivity index (χ2v) is 7.94. The molecular formula is C16H24N2O4S. The van der Waals surface area contributed by atoms with E-state index >= 15 is 0 Å². The minimum Gasteiger partial charge on any atom is -0.392 e. The van der Waals surface area contributed by atoms with E-state index in [1.807, 2.05) is 0 Å². The van der Waals surface area contributed by atoms with Crippen molar-refractivity contribution in [1.82, 2.24) is 9.62 Å². The van der Waals surface area contributed by atoms with Gasteiger partial charge in [-0.1, -0.05) is 12.5 Å². The van der Waals surface area contributed by atoms with E-state index in [0.717, 1.165) is 19.3 Å². The molecule has 1 heterocycles. The van der Waals surface area contributed by atoms with Gasteiger partial charge >= 0.3 is 0 Å². The maximum absolute atomic E-state index is 12.7. The predicted molar refractivity (Wildman–Crippen MR) is 87.8 cm³/mol. The third kappa shape index (κ3) is 4.31. The molecule has 2 N–H and O–H groups in total. The SMILES string of the molecule is Cc1ccc(S(=O)(=O)N2CCCCC2)cc1C(=O)NCC(C)O. The molecule has 1 amide bonds. The number of hydrogen-bond acceptors (Lipinski definition) is 4. The Morgan fingerprint density at radius 3 is 2.57 bits per heavy atom. The number of aryl methyl sites for hydroxylation is 1. The molecule has 1 saturated heterocycles. The zero-order valence-corrected chi connectivity index (χ0v) is 14.4. The average Bonchev–Trinajstić information content (AvgIpc) is 2.53. The van der Waals surface area contributed by atoms with Crippen LogP contribution in [0.15, 0.2) is 23.1 Å². The van der Waals surface area contributed by atoms with Gasteiger partial charge in [0.05, 0.1) is 11.0 Å². The number of aliphatic hydroxyl groups excluding tert-OH is 1. The molecule has 0 aromatic heterocycles. The minimum atomic E-state index is -3.56. The van der Waals surface area contributed by atoms with Crippen LogP contribution in [0.3, 0.4) is 0 Å². The number of hydrogen-bond donors (Lipinski definition) is 2. The van der Waals surface area contributed by atoms with Crippen LogP contribution in [0.4, 0.5) is 0 Å². The molecule has 1 aliphatic rings. The zero-order chi connectivity index (χ0) is 17.0. The lowest BCUT2D eigenvalue weighted by atomic mass is 10.1. The summed E-state index contributed by atoms with van der Waals surface area (Å²) in [5.74, 6) is -0.376. The Morgan fingerprint density at radius 2 is 1.96 bits per heavy atom. The molecule has 2 rings (SSSR count). The molecule has 0 bridgehead atoms. The molecule has 1 fully saturated rings. The molecular weight excluding hydrogens is 316 g/mol. The largest absolute Gasteiger partial charge is 0.392 e. The van der Waals surface area contributed by atoms with Crippen LogP contribution in [0.5, 0.6) is 0 Å². The summed E-state index contributed by atoms with van der Waals surface area (Å²) < 4.78 is 26.9. The molecule has 1 aromatic rings. The molecule has 0 spiro atoms. The normalized spacial score (nSPS) is 17.7. The Bertz CT molecular complexity index is 665. The van der Waals surface area contributed by atoms with Crippen LogP contribution in [0, 0.1) is 6.92 Å². The van der Waals surface area contributed by atoms with Crippen molar-refractivity contribution >= 4 is 15.9 Å². The standard InChI is InChI=1S/C16H24N2O4S/c1-12-6-7-14(10-15(12)16(20)17-11-13(2)19)23(21,22)18-8-4-3-5-9-18/h6-7,10,13,19H,3-5,8-9,11H2,1-2H3,(H,17,20). The van der Waals surface area contributed by atoms with Gasteiger partial charge in [0.15, 0.2) is 0 Å². The number of piperidine rings is 1. The summed E-state index contributed by atoms with van der Waals surface area (Å²) in [6.07, 6.45) is 2.13. The molecule has 23 heavy (non-hydrogen) atoms. The molecule has 0 aliphatic carbocycles. The monoisotopic (exact) mass is 340 g/mol. The summed E-state index contributed by atoms with van der Waals surface area (Å²) in [7, 11) is -3.56.